The van der Waals surface area contributed by atoms with E-state index in [0.29, 0.717) is 16.9 Å². The van der Waals surface area contributed by atoms with Crippen LogP contribution in [0.25, 0.3) is 10.8 Å². The second-order valence-electron chi connectivity index (χ2n) is 9.47. The highest BCUT2D eigenvalue weighted by Crippen LogP contribution is 2.38. The topological polar surface area (TPSA) is 0 Å². The van der Waals surface area contributed by atoms with Gasteiger partial charge in [-0.25, -0.2) is 4.39 Å². The van der Waals surface area contributed by atoms with Gasteiger partial charge in [-0.3, -0.25) is 0 Å². The van der Waals surface area contributed by atoms with Crippen LogP contribution in [-0.4, -0.2) is 0 Å². The van der Waals surface area contributed by atoms with E-state index in [4.69, 9.17) is 0 Å². The number of rotatable bonds is 6. The minimum absolute atomic E-state index is 0.207. The van der Waals surface area contributed by atoms with Crippen LogP contribution in [0.4, 0.5) is 4.39 Å². The molecule has 0 aliphatic heterocycles. The number of aryl methyl sites for hydroxylation is 1. The summed E-state index contributed by atoms with van der Waals surface area (Å²) in [6.07, 6.45) is 14.3. The lowest BCUT2D eigenvalue weighted by Gasteiger charge is -2.28. The van der Waals surface area contributed by atoms with Crippen LogP contribution in [0, 0.1) is 23.6 Å². The predicted octanol–water partition coefficient (Wildman–Crippen LogP) is 8.96. The molecule has 33 heavy (non-hydrogen) atoms. The van der Waals surface area contributed by atoms with E-state index in [0.717, 1.165) is 29.7 Å². The summed E-state index contributed by atoms with van der Waals surface area (Å²) in [7, 11) is 0. The summed E-state index contributed by atoms with van der Waals surface area (Å²) in [4.78, 5) is 0. The number of hydrogen-bond donors (Lipinski definition) is 0. The second kappa shape index (κ2) is 11.3. The molecule has 0 spiro atoms. The number of benzene rings is 3. The van der Waals surface area contributed by atoms with Gasteiger partial charge in [0.05, 0.1) is 5.56 Å². The molecule has 1 saturated carbocycles. The van der Waals surface area contributed by atoms with Crippen LogP contribution in [-0.2, 0) is 6.42 Å². The molecule has 170 valence electrons. The summed E-state index contributed by atoms with van der Waals surface area (Å²) >= 11 is 0. The first-order chi connectivity index (χ1) is 16.2. The van der Waals surface area contributed by atoms with Crippen molar-refractivity contribution in [3.63, 3.8) is 0 Å². The van der Waals surface area contributed by atoms with Crippen molar-refractivity contribution in [2.24, 2.45) is 5.92 Å². The van der Waals surface area contributed by atoms with E-state index in [1.54, 1.807) is 0 Å². The maximum absolute atomic E-state index is 15.2. The number of fused-ring (bicyclic) bond motifs is 1. The maximum Gasteiger partial charge on any atom is 0.146 e. The van der Waals surface area contributed by atoms with Crippen molar-refractivity contribution in [2.75, 3.05) is 0 Å². The quantitative estimate of drug-likeness (QED) is 0.266. The smallest absolute Gasteiger partial charge is 0.146 e. The van der Waals surface area contributed by atoms with Crippen LogP contribution in [0.5, 0.6) is 0 Å². The summed E-state index contributed by atoms with van der Waals surface area (Å²) in [5.41, 5.74) is 4.07. The van der Waals surface area contributed by atoms with Crippen LogP contribution in [0.3, 0.4) is 0 Å². The highest BCUT2D eigenvalue weighted by atomic mass is 19.1. The lowest BCUT2D eigenvalue weighted by molar-refractivity contribution is 0.312. The van der Waals surface area contributed by atoms with Crippen LogP contribution < -0.4 is 0 Å². The first-order valence-electron chi connectivity index (χ1n) is 12.6. The van der Waals surface area contributed by atoms with E-state index in [1.807, 2.05) is 30.3 Å². The minimum atomic E-state index is -0.207. The average Bonchev–Trinajstić information content (AvgIpc) is 2.85. The molecule has 0 heterocycles. The fourth-order valence-electron chi connectivity index (χ4n) is 5.13. The lowest BCUT2D eigenvalue weighted by Crippen LogP contribution is -2.13. The van der Waals surface area contributed by atoms with Crippen LogP contribution in [0.1, 0.15) is 87.0 Å². The molecule has 0 nitrogen and oxygen atoms in total. The molecular formula is C32H35F. The van der Waals surface area contributed by atoms with Crippen molar-refractivity contribution >= 4 is 10.8 Å². The Morgan fingerprint density at radius 3 is 2.45 bits per heavy atom. The number of allylic oxidation sites excluding steroid dienone is 2. The average molecular weight is 439 g/mol. The molecule has 1 heteroatoms. The summed E-state index contributed by atoms with van der Waals surface area (Å²) in [5, 5.41) is 1.65. The Bertz CT molecular complexity index is 1150. The fraction of sp³-hybridized carbons (Fsp3) is 0.375. The number of halogens is 1. The second-order valence-corrected chi connectivity index (χ2v) is 9.47. The number of hydrogen-bond acceptors (Lipinski definition) is 0. The van der Waals surface area contributed by atoms with Crippen molar-refractivity contribution in [1.82, 2.24) is 0 Å². The highest BCUT2D eigenvalue weighted by Gasteiger charge is 2.22. The molecule has 0 radical (unpaired) electrons. The van der Waals surface area contributed by atoms with Gasteiger partial charge >= 0.3 is 0 Å². The Hall–Kier alpha value is -2.85. The van der Waals surface area contributed by atoms with E-state index in [9.17, 15) is 0 Å². The monoisotopic (exact) mass is 438 g/mol. The van der Waals surface area contributed by atoms with Crippen LogP contribution >= 0.6 is 0 Å². The van der Waals surface area contributed by atoms with Gasteiger partial charge in [-0.1, -0.05) is 73.7 Å². The first kappa shape index (κ1) is 23.3. The normalized spacial score (nSPS) is 18.4. The Morgan fingerprint density at radius 1 is 0.939 bits per heavy atom. The summed E-state index contributed by atoms with van der Waals surface area (Å²) in [6, 6.07) is 18.4. The van der Waals surface area contributed by atoms with Gasteiger partial charge in [0.2, 0.25) is 0 Å². The summed E-state index contributed by atoms with van der Waals surface area (Å²) < 4.78 is 15.2. The molecule has 0 N–H and O–H groups in total. The van der Waals surface area contributed by atoms with Gasteiger partial charge in [0, 0.05) is 10.9 Å². The first-order valence-corrected chi connectivity index (χ1v) is 12.6. The molecule has 0 aromatic heterocycles. The molecule has 0 unspecified atom stereocenters. The Kier molecular flexibility index (Phi) is 8.01. The molecule has 3 aromatic carbocycles. The Morgan fingerprint density at radius 2 is 1.73 bits per heavy atom. The minimum Gasteiger partial charge on any atom is -0.205 e. The van der Waals surface area contributed by atoms with Gasteiger partial charge in [-0.2, -0.15) is 0 Å². The molecule has 0 atom stereocenters. The third-order valence-electron chi connectivity index (χ3n) is 7.11. The Balaban J connectivity index is 1.46. The van der Waals surface area contributed by atoms with E-state index in [-0.39, 0.29) is 5.82 Å². The van der Waals surface area contributed by atoms with Gasteiger partial charge in [0.15, 0.2) is 0 Å². The van der Waals surface area contributed by atoms with Crippen molar-refractivity contribution in [2.45, 2.75) is 71.1 Å². The Labute approximate surface area is 198 Å². The SMILES string of the molecule is C/C=C/CCC1CCC(c2ccc3c(F)c(C#Cc4ccc(CCC)cc4)ccc3c2)CC1. The van der Waals surface area contributed by atoms with E-state index in [1.165, 1.54) is 49.7 Å². The van der Waals surface area contributed by atoms with Gasteiger partial charge in [-0.15, -0.1) is 0 Å². The maximum atomic E-state index is 15.2. The summed E-state index contributed by atoms with van der Waals surface area (Å²) in [5.74, 6) is 7.43. The van der Waals surface area contributed by atoms with E-state index >= 15 is 4.39 Å². The van der Waals surface area contributed by atoms with Gasteiger partial charge in [-0.05, 0) is 98.4 Å². The van der Waals surface area contributed by atoms with Crippen molar-refractivity contribution < 1.29 is 4.39 Å². The molecule has 1 aliphatic carbocycles. The van der Waals surface area contributed by atoms with Crippen molar-refractivity contribution in [3.8, 4) is 11.8 Å². The van der Waals surface area contributed by atoms with Crippen molar-refractivity contribution in [1.29, 1.82) is 0 Å². The lowest BCUT2D eigenvalue weighted by atomic mass is 9.77. The van der Waals surface area contributed by atoms with Crippen LogP contribution in [0.15, 0.2) is 66.7 Å². The summed E-state index contributed by atoms with van der Waals surface area (Å²) in [6.45, 7) is 4.28. The standard InChI is InChI=1S/C32H35F/c1-3-5-6-8-25-13-16-27(17-14-25)29-21-22-31-30(23-29)20-19-28(32(31)33)18-15-26-11-9-24(7-4-2)10-12-26/h3,5,9-12,19-23,25,27H,4,6-8,13-14,16-17H2,1-2H3/b5-3+. The van der Waals surface area contributed by atoms with E-state index in [2.05, 4.69) is 62.1 Å². The molecule has 4 rings (SSSR count). The predicted molar refractivity (Wildman–Crippen MR) is 139 cm³/mol. The fourth-order valence-corrected chi connectivity index (χ4v) is 5.13. The molecule has 3 aromatic rings. The zero-order valence-corrected chi connectivity index (χ0v) is 20.0. The molecule has 1 fully saturated rings. The van der Waals surface area contributed by atoms with Gasteiger partial charge < -0.3 is 0 Å². The van der Waals surface area contributed by atoms with Gasteiger partial charge in [0.25, 0.3) is 0 Å². The zero-order valence-electron chi connectivity index (χ0n) is 20.0. The van der Waals surface area contributed by atoms with Gasteiger partial charge in [0.1, 0.15) is 5.82 Å². The molecule has 0 amide bonds. The molecule has 1 aliphatic rings. The molecule has 0 bridgehead atoms. The van der Waals surface area contributed by atoms with Crippen LogP contribution in [0.2, 0.25) is 0 Å². The molecular weight excluding hydrogens is 403 g/mol. The van der Waals surface area contributed by atoms with Crippen molar-refractivity contribution in [3.05, 3.63) is 94.8 Å². The van der Waals surface area contributed by atoms with E-state index < -0.39 is 0 Å². The third-order valence-corrected chi connectivity index (χ3v) is 7.11. The third kappa shape index (κ3) is 5.94. The molecule has 0 saturated heterocycles. The zero-order chi connectivity index (χ0) is 23.0. The highest BCUT2D eigenvalue weighted by molar-refractivity contribution is 5.85. The largest absolute Gasteiger partial charge is 0.205 e.